The number of aliphatic carboxylic acids is 1. The maximum absolute atomic E-state index is 12.6. The summed E-state index contributed by atoms with van der Waals surface area (Å²) in [6, 6.07) is 5.38. The van der Waals surface area contributed by atoms with Crippen LogP contribution in [0.15, 0.2) is 29.2 Å². The highest BCUT2D eigenvalue weighted by molar-refractivity contribution is 7.89. The standard InChI is InChI=1S/C14H19NO5S/c1-20-10-11-5-7-12(8-6-11)21(18,19)15-9-3-2-4-13(15)14(16)17/h5-8,13H,2-4,9-10H2,1H3,(H,16,17). The monoisotopic (exact) mass is 313 g/mol. The number of carboxylic acids is 1. The normalized spacial score (nSPS) is 20.3. The van der Waals surface area contributed by atoms with Gasteiger partial charge in [-0.05, 0) is 37.0 Å². The molecule has 1 heterocycles. The van der Waals surface area contributed by atoms with Gasteiger partial charge in [-0.15, -0.1) is 0 Å². The molecular weight excluding hydrogens is 294 g/mol. The SMILES string of the molecule is COCc1ccc(S(=O)(=O)N2CCCCC2C(=O)O)cc1. The Labute approximate surface area is 124 Å². The lowest BCUT2D eigenvalue weighted by molar-refractivity contribution is -0.142. The number of piperidine rings is 1. The number of ether oxygens (including phenoxy) is 1. The summed E-state index contributed by atoms with van der Waals surface area (Å²) in [5.74, 6) is -1.09. The van der Waals surface area contributed by atoms with Crippen molar-refractivity contribution in [3.05, 3.63) is 29.8 Å². The second-order valence-corrected chi connectivity index (χ2v) is 6.93. The average Bonchev–Trinajstić information content (AvgIpc) is 2.48. The quantitative estimate of drug-likeness (QED) is 0.889. The second kappa shape index (κ2) is 6.55. The van der Waals surface area contributed by atoms with Gasteiger partial charge in [0, 0.05) is 13.7 Å². The lowest BCUT2D eigenvalue weighted by Crippen LogP contribution is -2.47. The van der Waals surface area contributed by atoms with Gasteiger partial charge in [-0.25, -0.2) is 8.42 Å². The van der Waals surface area contributed by atoms with E-state index in [0.29, 0.717) is 19.4 Å². The molecule has 1 aliphatic rings. The van der Waals surface area contributed by atoms with Crippen molar-refractivity contribution in [2.45, 2.75) is 36.8 Å². The van der Waals surface area contributed by atoms with E-state index in [1.165, 1.54) is 12.1 Å². The summed E-state index contributed by atoms with van der Waals surface area (Å²) >= 11 is 0. The van der Waals surface area contributed by atoms with Gasteiger partial charge in [0.2, 0.25) is 10.0 Å². The van der Waals surface area contributed by atoms with Crippen LogP contribution < -0.4 is 0 Å². The van der Waals surface area contributed by atoms with Crippen molar-refractivity contribution >= 4 is 16.0 Å². The molecule has 1 aromatic carbocycles. The van der Waals surface area contributed by atoms with Gasteiger partial charge >= 0.3 is 5.97 Å². The molecular formula is C14H19NO5S. The highest BCUT2D eigenvalue weighted by Crippen LogP contribution is 2.25. The van der Waals surface area contributed by atoms with E-state index in [2.05, 4.69) is 0 Å². The Morgan fingerprint density at radius 1 is 1.33 bits per heavy atom. The Morgan fingerprint density at radius 2 is 2.00 bits per heavy atom. The van der Waals surface area contributed by atoms with E-state index in [9.17, 15) is 18.3 Å². The molecule has 21 heavy (non-hydrogen) atoms. The highest BCUT2D eigenvalue weighted by atomic mass is 32.2. The summed E-state index contributed by atoms with van der Waals surface area (Å²) in [6.45, 7) is 0.654. The first-order chi connectivity index (χ1) is 9.96. The minimum Gasteiger partial charge on any atom is -0.480 e. The first-order valence-electron chi connectivity index (χ1n) is 6.79. The van der Waals surface area contributed by atoms with E-state index in [-0.39, 0.29) is 11.4 Å². The summed E-state index contributed by atoms with van der Waals surface area (Å²) in [5, 5.41) is 9.21. The largest absolute Gasteiger partial charge is 0.480 e. The molecule has 0 spiro atoms. The molecule has 6 nitrogen and oxygen atoms in total. The number of rotatable bonds is 5. The van der Waals surface area contributed by atoms with Crippen LogP contribution in [0.3, 0.4) is 0 Å². The van der Waals surface area contributed by atoms with Crippen LogP contribution in [0, 0.1) is 0 Å². The van der Waals surface area contributed by atoms with Crippen LogP contribution in [0.1, 0.15) is 24.8 Å². The zero-order chi connectivity index (χ0) is 15.5. The highest BCUT2D eigenvalue weighted by Gasteiger charge is 2.37. The average molecular weight is 313 g/mol. The fourth-order valence-corrected chi connectivity index (χ4v) is 4.15. The molecule has 0 aliphatic carbocycles. The van der Waals surface area contributed by atoms with Crippen molar-refractivity contribution in [2.75, 3.05) is 13.7 Å². The Bertz CT molecular complexity index is 596. The molecule has 0 amide bonds. The van der Waals surface area contributed by atoms with Crippen LogP contribution >= 0.6 is 0 Å². The summed E-state index contributed by atoms with van der Waals surface area (Å²) in [4.78, 5) is 11.4. The minimum atomic E-state index is -3.78. The predicted molar refractivity (Wildman–Crippen MR) is 76.3 cm³/mol. The third kappa shape index (κ3) is 3.42. The van der Waals surface area contributed by atoms with Gasteiger partial charge in [0.1, 0.15) is 6.04 Å². The molecule has 1 saturated heterocycles. The number of nitrogens with zero attached hydrogens (tertiary/aromatic N) is 1. The van der Waals surface area contributed by atoms with E-state index in [0.717, 1.165) is 16.3 Å². The van der Waals surface area contributed by atoms with E-state index in [1.807, 2.05) is 0 Å². The van der Waals surface area contributed by atoms with Crippen molar-refractivity contribution in [3.63, 3.8) is 0 Å². The fourth-order valence-electron chi connectivity index (χ4n) is 2.50. The molecule has 116 valence electrons. The molecule has 1 aromatic rings. The topological polar surface area (TPSA) is 83.9 Å². The molecule has 1 N–H and O–H groups in total. The van der Waals surface area contributed by atoms with Crippen LogP contribution in [0.5, 0.6) is 0 Å². The van der Waals surface area contributed by atoms with Crippen LogP contribution in [-0.2, 0) is 26.2 Å². The predicted octanol–water partition coefficient (Wildman–Crippen LogP) is 1.46. The number of carboxylic acid groups (broad SMARTS) is 1. The first kappa shape index (κ1) is 15.9. The van der Waals surface area contributed by atoms with Crippen molar-refractivity contribution in [1.82, 2.24) is 4.31 Å². The van der Waals surface area contributed by atoms with E-state index in [4.69, 9.17) is 4.74 Å². The Kier molecular flexibility index (Phi) is 4.97. The minimum absolute atomic E-state index is 0.121. The number of carbonyl (C=O) groups is 1. The molecule has 1 unspecified atom stereocenters. The van der Waals surface area contributed by atoms with Gasteiger partial charge in [0.15, 0.2) is 0 Å². The van der Waals surface area contributed by atoms with Crippen molar-refractivity contribution in [2.24, 2.45) is 0 Å². The van der Waals surface area contributed by atoms with Gasteiger partial charge < -0.3 is 9.84 Å². The maximum atomic E-state index is 12.6. The summed E-state index contributed by atoms with van der Waals surface area (Å²) in [6.07, 6.45) is 1.77. The number of hydrogen-bond acceptors (Lipinski definition) is 4. The molecule has 7 heteroatoms. The van der Waals surface area contributed by atoms with Gasteiger partial charge in [0.25, 0.3) is 0 Å². The third-order valence-corrected chi connectivity index (χ3v) is 5.50. The van der Waals surface area contributed by atoms with Gasteiger partial charge in [-0.3, -0.25) is 4.79 Å². The molecule has 0 aromatic heterocycles. The number of sulfonamides is 1. The lowest BCUT2D eigenvalue weighted by Gasteiger charge is -2.31. The molecule has 1 atom stereocenters. The molecule has 0 radical (unpaired) electrons. The molecule has 1 aliphatic heterocycles. The van der Waals surface area contributed by atoms with Crippen molar-refractivity contribution in [1.29, 1.82) is 0 Å². The van der Waals surface area contributed by atoms with E-state index >= 15 is 0 Å². The van der Waals surface area contributed by atoms with Crippen molar-refractivity contribution in [3.8, 4) is 0 Å². The number of methoxy groups -OCH3 is 1. The van der Waals surface area contributed by atoms with Crippen LogP contribution in [0.25, 0.3) is 0 Å². The molecule has 0 saturated carbocycles. The summed E-state index contributed by atoms with van der Waals surface area (Å²) in [5.41, 5.74) is 0.866. The molecule has 2 rings (SSSR count). The smallest absolute Gasteiger partial charge is 0.322 e. The van der Waals surface area contributed by atoms with E-state index < -0.39 is 22.0 Å². The number of benzene rings is 1. The molecule has 1 fully saturated rings. The van der Waals surface area contributed by atoms with Gasteiger partial charge in [-0.1, -0.05) is 12.1 Å². The van der Waals surface area contributed by atoms with Gasteiger partial charge in [0.05, 0.1) is 11.5 Å². The first-order valence-corrected chi connectivity index (χ1v) is 8.23. The van der Waals surface area contributed by atoms with Crippen LogP contribution in [-0.4, -0.2) is 43.5 Å². The zero-order valence-electron chi connectivity index (χ0n) is 11.9. The number of hydrogen-bond donors (Lipinski definition) is 1. The van der Waals surface area contributed by atoms with Crippen molar-refractivity contribution < 1.29 is 23.1 Å². The maximum Gasteiger partial charge on any atom is 0.322 e. The fraction of sp³-hybridized carbons (Fsp3) is 0.500. The Balaban J connectivity index is 2.29. The van der Waals surface area contributed by atoms with E-state index in [1.54, 1.807) is 19.2 Å². The Hall–Kier alpha value is -1.44. The Morgan fingerprint density at radius 3 is 2.57 bits per heavy atom. The van der Waals surface area contributed by atoms with Crippen LogP contribution in [0.4, 0.5) is 0 Å². The van der Waals surface area contributed by atoms with Gasteiger partial charge in [-0.2, -0.15) is 4.31 Å². The second-order valence-electron chi connectivity index (χ2n) is 5.04. The third-order valence-electron chi connectivity index (χ3n) is 3.58. The van der Waals surface area contributed by atoms with Crippen LogP contribution in [0.2, 0.25) is 0 Å². The summed E-state index contributed by atoms with van der Waals surface area (Å²) in [7, 11) is -2.21. The molecule has 0 bridgehead atoms. The summed E-state index contributed by atoms with van der Waals surface area (Å²) < 4.78 is 31.3. The zero-order valence-corrected chi connectivity index (χ0v) is 12.7. The lowest BCUT2D eigenvalue weighted by atomic mass is 10.1.